The summed E-state index contributed by atoms with van der Waals surface area (Å²) in [7, 11) is -3.74. The summed E-state index contributed by atoms with van der Waals surface area (Å²) in [6, 6.07) is 8.81. The third-order valence-electron chi connectivity index (χ3n) is 3.02. The van der Waals surface area contributed by atoms with Crippen molar-refractivity contribution in [2.75, 3.05) is 18.5 Å². The van der Waals surface area contributed by atoms with Crippen LogP contribution >= 0.6 is 0 Å². The Bertz CT molecular complexity index is 742. The number of nitrogens with one attached hydrogen (secondary N) is 2. The number of urea groups is 1. The molecule has 2 rings (SSSR count). The first kappa shape index (κ1) is 18.0. The fraction of sp³-hybridized carbons (Fsp3) is 0.267. The molecule has 8 nitrogen and oxygen atoms in total. The van der Waals surface area contributed by atoms with Gasteiger partial charge >= 0.3 is 6.03 Å². The molecule has 0 spiro atoms. The molecule has 0 aliphatic heterocycles. The molecule has 0 aliphatic carbocycles. The number of hydrogen-bond donors (Lipinski definition) is 3. The van der Waals surface area contributed by atoms with Crippen LogP contribution in [-0.2, 0) is 21.4 Å². The van der Waals surface area contributed by atoms with E-state index in [0.717, 1.165) is 5.76 Å². The number of sulfonamides is 1. The van der Waals surface area contributed by atoms with E-state index in [1.54, 1.807) is 12.3 Å². The van der Waals surface area contributed by atoms with Crippen LogP contribution in [0.5, 0.6) is 0 Å². The van der Waals surface area contributed by atoms with Gasteiger partial charge in [-0.25, -0.2) is 18.4 Å². The Labute approximate surface area is 140 Å². The molecule has 0 atom stereocenters. The molecule has 9 heteroatoms. The summed E-state index contributed by atoms with van der Waals surface area (Å²) >= 11 is 0. The predicted octanol–water partition coefficient (Wildman–Crippen LogP) is 1.66. The van der Waals surface area contributed by atoms with E-state index in [0.29, 0.717) is 31.9 Å². The maximum absolute atomic E-state index is 11.7. The number of primary sulfonamides is 1. The molecule has 0 unspecified atom stereocenters. The second kappa shape index (κ2) is 8.48. The van der Waals surface area contributed by atoms with Gasteiger partial charge in [0.2, 0.25) is 10.0 Å². The summed E-state index contributed by atoms with van der Waals surface area (Å²) in [6.07, 6.45) is 2.23. The number of carbonyl (C=O) groups excluding carboxylic acids is 1. The minimum Gasteiger partial charge on any atom is -0.467 e. The van der Waals surface area contributed by atoms with Crippen molar-refractivity contribution in [3.63, 3.8) is 0 Å². The zero-order chi connectivity index (χ0) is 17.4. The van der Waals surface area contributed by atoms with Gasteiger partial charge in [-0.3, -0.25) is 0 Å². The van der Waals surface area contributed by atoms with Gasteiger partial charge in [0.25, 0.3) is 0 Å². The van der Waals surface area contributed by atoms with Crippen molar-refractivity contribution in [1.29, 1.82) is 0 Å². The highest BCUT2D eigenvalue weighted by molar-refractivity contribution is 7.89. The molecule has 24 heavy (non-hydrogen) atoms. The van der Waals surface area contributed by atoms with E-state index >= 15 is 0 Å². The van der Waals surface area contributed by atoms with Gasteiger partial charge in [0.1, 0.15) is 12.4 Å². The lowest BCUT2D eigenvalue weighted by Crippen LogP contribution is -2.30. The molecule has 0 saturated heterocycles. The summed E-state index contributed by atoms with van der Waals surface area (Å²) in [5.74, 6) is 0.753. The normalized spacial score (nSPS) is 11.2. The maximum atomic E-state index is 11.7. The quantitative estimate of drug-likeness (QED) is 0.623. The van der Waals surface area contributed by atoms with Crippen LogP contribution in [0.15, 0.2) is 52.0 Å². The molecule has 0 bridgehead atoms. The topological polar surface area (TPSA) is 124 Å². The Morgan fingerprint density at radius 1 is 1.21 bits per heavy atom. The monoisotopic (exact) mass is 353 g/mol. The number of ether oxygens (including phenoxy) is 1. The van der Waals surface area contributed by atoms with Crippen molar-refractivity contribution in [1.82, 2.24) is 5.32 Å². The Hall–Kier alpha value is -2.36. The van der Waals surface area contributed by atoms with E-state index in [9.17, 15) is 13.2 Å². The Morgan fingerprint density at radius 3 is 2.58 bits per heavy atom. The zero-order valence-corrected chi connectivity index (χ0v) is 13.7. The van der Waals surface area contributed by atoms with Crippen LogP contribution in [0.2, 0.25) is 0 Å². The Kier molecular flexibility index (Phi) is 6.36. The smallest absolute Gasteiger partial charge is 0.319 e. The molecule has 1 aromatic carbocycles. The predicted molar refractivity (Wildman–Crippen MR) is 87.8 cm³/mol. The summed E-state index contributed by atoms with van der Waals surface area (Å²) in [5, 5.41) is 10.3. The van der Waals surface area contributed by atoms with Crippen molar-refractivity contribution >= 4 is 21.7 Å². The van der Waals surface area contributed by atoms with Crippen LogP contribution in [-0.4, -0.2) is 27.6 Å². The zero-order valence-electron chi connectivity index (χ0n) is 12.9. The van der Waals surface area contributed by atoms with Crippen molar-refractivity contribution in [3.05, 3.63) is 48.4 Å². The number of anilines is 1. The number of carbonyl (C=O) groups is 1. The highest BCUT2D eigenvalue weighted by atomic mass is 32.2. The average molecular weight is 353 g/mol. The van der Waals surface area contributed by atoms with Gasteiger partial charge in [0.05, 0.1) is 11.2 Å². The molecule has 1 aromatic heterocycles. The van der Waals surface area contributed by atoms with Gasteiger partial charge < -0.3 is 19.8 Å². The first-order chi connectivity index (χ1) is 11.4. The lowest BCUT2D eigenvalue weighted by atomic mass is 10.3. The molecular formula is C15H19N3O5S. The number of furan rings is 1. The largest absolute Gasteiger partial charge is 0.467 e. The van der Waals surface area contributed by atoms with Gasteiger partial charge in [-0.1, -0.05) is 0 Å². The molecule has 0 saturated carbocycles. The number of hydrogen-bond acceptors (Lipinski definition) is 5. The van der Waals surface area contributed by atoms with Gasteiger partial charge in [-0.2, -0.15) is 0 Å². The lowest BCUT2D eigenvalue weighted by Gasteiger charge is -2.08. The second-order valence-electron chi connectivity index (χ2n) is 4.94. The summed E-state index contributed by atoms with van der Waals surface area (Å²) in [5.41, 5.74) is 0.467. The van der Waals surface area contributed by atoms with Gasteiger partial charge in [0, 0.05) is 18.8 Å². The number of benzene rings is 1. The van der Waals surface area contributed by atoms with Crippen molar-refractivity contribution in [2.45, 2.75) is 17.9 Å². The standard InChI is InChI=1S/C15H19N3O5S/c16-24(20,21)14-6-4-12(5-7-14)18-15(19)17-8-2-9-22-11-13-3-1-10-23-13/h1,3-7,10H,2,8-9,11H2,(H2,16,20,21)(H2,17,18,19). The lowest BCUT2D eigenvalue weighted by molar-refractivity contribution is 0.104. The van der Waals surface area contributed by atoms with Crippen molar-refractivity contribution in [2.24, 2.45) is 5.14 Å². The Morgan fingerprint density at radius 2 is 1.96 bits per heavy atom. The van der Waals surface area contributed by atoms with E-state index in [1.165, 1.54) is 24.3 Å². The van der Waals surface area contributed by atoms with E-state index in [4.69, 9.17) is 14.3 Å². The molecule has 130 valence electrons. The van der Waals surface area contributed by atoms with E-state index in [2.05, 4.69) is 10.6 Å². The van der Waals surface area contributed by atoms with Gasteiger partial charge in [-0.15, -0.1) is 0 Å². The van der Waals surface area contributed by atoms with Gasteiger partial charge in [-0.05, 0) is 42.8 Å². The minimum atomic E-state index is -3.74. The van der Waals surface area contributed by atoms with Crippen LogP contribution in [0.25, 0.3) is 0 Å². The van der Waals surface area contributed by atoms with E-state index < -0.39 is 10.0 Å². The van der Waals surface area contributed by atoms with Crippen LogP contribution in [0.1, 0.15) is 12.2 Å². The fourth-order valence-corrected chi connectivity index (χ4v) is 2.36. The van der Waals surface area contributed by atoms with Crippen LogP contribution in [0, 0.1) is 0 Å². The summed E-state index contributed by atoms with van der Waals surface area (Å²) in [6.45, 7) is 1.33. The molecular weight excluding hydrogens is 334 g/mol. The van der Waals surface area contributed by atoms with Crippen LogP contribution in [0.3, 0.4) is 0 Å². The minimum absolute atomic E-state index is 0.0119. The first-order valence-electron chi connectivity index (χ1n) is 7.23. The molecule has 0 aliphatic rings. The first-order valence-corrected chi connectivity index (χ1v) is 8.77. The molecule has 2 amide bonds. The molecule has 0 fully saturated rings. The number of rotatable bonds is 8. The summed E-state index contributed by atoms with van der Waals surface area (Å²) < 4.78 is 32.8. The molecule has 2 aromatic rings. The third-order valence-corrected chi connectivity index (χ3v) is 3.95. The highest BCUT2D eigenvalue weighted by Crippen LogP contribution is 2.12. The van der Waals surface area contributed by atoms with Crippen molar-refractivity contribution in [3.8, 4) is 0 Å². The molecule has 0 radical (unpaired) electrons. The van der Waals surface area contributed by atoms with Crippen LogP contribution < -0.4 is 15.8 Å². The second-order valence-corrected chi connectivity index (χ2v) is 6.50. The Balaban J connectivity index is 1.62. The average Bonchev–Trinajstić information content (AvgIpc) is 3.03. The third kappa shape index (κ3) is 6.03. The van der Waals surface area contributed by atoms with E-state index in [-0.39, 0.29) is 10.9 Å². The number of nitrogens with two attached hydrogens (primary N) is 1. The SMILES string of the molecule is NS(=O)(=O)c1ccc(NC(=O)NCCCOCc2ccco2)cc1. The van der Waals surface area contributed by atoms with Crippen molar-refractivity contribution < 1.29 is 22.4 Å². The maximum Gasteiger partial charge on any atom is 0.319 e. The van der Waals surface area contributed by atoms with Gasteiger partial charge in [0.15, 0.2) is 0 Å². The highest BCUT2D eigenvalue weighted by Gasteiger charge is 2.07. The molecule has 1 heterocycles. The fourth-order valence-electron chi connectivity index (χ4n) is 1.85. The van der Waals surface area contributed by atoms with Crippen LogP contribution in [0.4, 0.5) is 10.5 Å². The summed E-state index contributed by atoms with van der Waals surface area (Å²) in [4.78, 5) is 11.7. The molecule has 4 N–H and O–H groups in total. The number of amides is 2. The van der Waals surface area contributed by atoms with E-state index in [1.807, 2.05) is 6.07 Å².